The zero-order valence-electron chi connectivity index (χ0n) is 28.1. The third kappa shape index (κ3) is 4.15. The maximum atomic E-state index is 6.76. The lowest BCUT2D eigenvalue weighted by Crippen LogP contribution is -2.11. The predicted octanol–water partition coefficient (Wildman–Crippen LogP) is 13.2. The SMILES string of the molecule is c1ccc(-n2c3ccccc3c3ccc(N(c4cccc5c4oc4ccccc45)c4cccc5c4c4ccccc4n5-c4ccccc4)cc32)cc1. The van der Waals surface area contributed by atoms with Crippen LogP contribution in [0, 0.1) is 0 Å². The molecule has 0 saturated carbocycles. The van der Waals surface area contributed by atoms with E-state index in [1.54, 1.807) is 0 Å². The Balaban J connectivity index is 1.27. The first kappa shape index (κ1) is 28.8. The molecule has 11 rings (SSSR count). The molecule has 0 spiro atoms. The summed E-state index contributed by atoms with van der Waals surface area (Å²) >= 11 is 0. The van der Waals surface area contributed by atoms with Crippen LogP contribution >= 0.6 is 0 Å². The van der Waals surface area contributed by atoms with Crippen molar-refractivity contribution in [1.29, 1.82) is 0 Å². The average Bonchev–Trinajstić information content (AvgIpc) is 3.87. The number of anilines is 3. The summed E-state index contributed by atoms with van der Waals surface area (Å²) in [5, 5.41) is 7.02. The third-order valence-corrected chi connectivity index (χ3v) is 10.5. The van der Waals surface area contributed by atoms with E-state index in [0.29, 0.717) is 0 Å². The Hall–Kier alpha value is -7.04. The fourth-order valence-electron chi connectivity index (χ4n) is 8.31. The van der Waals surface area contributed by atoms with Crippen molar-refractivity contribution >= 4 is 82.6 Å². The topological polar surface area (TPSA) is 26.2 Å². The molecule has 3 heterocycles. The molecule has 0 aliphatic heterocycles. The summed E-state index contributed by atoms with van der Waals surface area (Å²) in [7, 11) is 0. The number of benzene rings is 8. The second-order valence-electron chi connectivity index (χ2n) is 13.3. The highest BCUT2D eigenvalue weighted by molar-refractivity contribution is 6.19. The lowest BCUT2D eigenvalue weighted by atomic mass is 10.1. The van der Waals surface area contributed by atoms with Crippen molar-refractivity contribution < 1.29 is 4.42 Å². The Kier molecular flexibility index (Phi) is 6.22. The number of rotatable bonds is 5. The van der Waals surface area contributed by atoms with E-state index in [1.165, 1.54) is 27.1 Å². The normalized spacial score (nSPS) is 11.8. The minimum Gasteiger partial charge on any atom is -0.454 e. The number of aromatic nitrogens is 2. The largest absolute Gasteiger partial charge is 0.454 e. The van der Waals surface area contributed by atoms with E-state index < -0.39 is 0 Å². The van der Waals surface area contributed by atoms with Crippen LogP contribution in [0.15, 0.2) is 192 Å². The smallest absolute Gasteiger partial charge is 0.159 e. The van der Waals surface area contributed by atoms with Crippen LogP contribution in [0.3, 0.4) is 0 Å². The maximum Gasteiger partial charge on any atom is 0.159 e. The van der Waals surface area contributed by atoms with Gasteiger partial charge in [0, 0.05) is 49.4 Å². The van der Waals surface area contributed by atoms with Crippen LogP contribution in [-0.2, 0) is 0 Å². The molecular weight excluding hydrogens is 635 g/mol. The van der Waals surface area contributed by atoms with Gasteiger partial charge in [-0.3, -0.25) is 0 Å². The fourth-order valence-corrected chi connectivity index (χ4v) is 8.31. The van der Waals surface area contributed by atoms with Crippen molar-refractivity contribution in [2.45, 2.75) is 0 Å². The van der Waals surface area contributed by atoms with Crippen molar-refractivity contribution in [1.82, 2.24) is 9.13 Å². The van der Waals surface area contributed by atoms with Crippen LogP contribution in [0.1, 0.15) is 0 Å². The van der Waals surface area contributed by atoms with E-state index in [2.05, 4.69) is 196 Å². The van der Waals surface area contributed by atoms with Gasteiger partial charge in [0.25, 0.3) is 0 Å². The Morgan fingerprint density at radius 2 is 0.904 bits per heavy atom. The van der Waals surface area contributed by atoms with Gasteiger partial charge in [0.05, 0.1) is 33.4 Å². The third-order valence-electron chi connectivity index (χ3n) is 10.5. The van der Waals surface area contributed by atoms with E-state index in [9.17, 15) is 0 Å². The van der Waals surface area contributed by atoms with Crippen molar-refractivity contribution in [3.63, 3.8) is 0 Å². The summed E-state index contributed by atoms with van der Waals surface area (Å²) in [5.41, 5.74) is 11.7. The van der Waals surface area contributed by atoms with Crippen molar-refractivity contribution in [2.75, 3.05) is 4.90 Å². The zero-order chi connectivity index (χ0) is 34.2. The lowest BCUT2D eigenvalue weighted by molar-refractivity contribution is 0.669. The van der Waals surface area contributed by atoms with Crippen LogP contribution < -0.4 is 4.90 Å². The van der Waals surface area contributed by atoms with Gasteiger partial charge in [-0.05, 0) is 72.8 Å². The minimum atomic E-state index is 0.858. The summed E-state index contributed by atoms with van der Waals surface area (Å²) in [6, 6.07) is 67.1. The first-order valence-corrected chi connectivity index (χ1v) is 17.7. The predicted molar refractivity (Wildman–Crippen MR) is 217 cm³/mol. The molecule has 0 amide bonds. The Labute approximate surface area is 299 Å². The quantitative estimate of drug-likeness (QED) is 0.183. The Morgan fingerprint density at radius 1 is 0.365 bits per heavy atom. The molecule has 4 nitrogen and oxygen atoms in total. The van der Waals surface area contributed by atoms with Crippen LogP contribution in [0.4, 0.5) is 17.1 Å². The molecule has 0 saturated heterocycles. The molecular formula is C48H31N3O. The summed E-state index contributed by atoms with van der Waals surface area (Å²) in [4.78, 5) is 2.40. The summed E-state index contributed by atoms with van der Waals surface area (Å²) in [5.74, 6) is 0. The van der Waals surface area contributed by atoms with Gasteiger partial charge in [-0.15, -0.1) is 0 Å². The summed E-state index contributed by atoms with van der Waals surface area (Å²) in [6.07, 6.45) is 0. The molecule has 0 atom stereocenters. The Morgan fingerprint density at radius 3 is 1.67 bits per heavy atom. The number of para-hydroxylation sites is 6. The zero-order valence-corrected chi connectivity index (χ0v) is 28.1. The first-order valence-electron chi connectivity index (χ1n) is 17.7. The van der Waals surface area contributed by atoms with E-state index in [4.69, 9.17) is 4.42 Å². The second kappa shape index (κ2) is 11.2. The van der Waals surface area contributed by atoms with Crippen LogP contribution in [0.5, 0.6) is 0 Å². The molecule has 11 aromatic rings. The monoisotopic (exact) mass is 665 g/mol. The summed E-state index contributed by atoms with van der Waals surface area (Å²) < 4.78 is 11.5. The number of fused-ring (bicyclic) bond motifs is 9. The van der Waals surface area contributed by atoms with Crippen molar-refractivity contribution in [2.24, 2.45) is 0 Å². The fraction of sp³-hybridized carbons (Fsp3) is 0. The highest BCUT2D eigenvalue weighted by Gasteiger charge is 2.25. The average molecular weight is 666 g/mol. The van der Waals surface area contributed by atoms with Gasteiger partial charge in [-0.1, -0.05) is 115 Å². The standard InChI is InChI=1S/C48H31N3O/c1-3-15-32(16-4-1)49-41-24-11-8-21-39(41)47-42(49)25-14-26-43(47)51(44-27-13-22-38-37-20-9-12-28-46(37)52-48(38)44)34-29-30-36-35-19-7-10-23-40(35)50(45(36)31-34)33-17-5-2-6-18-33/h1-31H. The molecule has 0 N–H and O–H groups in total. The maximum absolute atomic E-state index is 6.76. The van der Waals surface area contributed by atoms with Gasteiger partial charge in [-0.25, -0.2) is 0 Å². The van der Waals surface area contributed by atoms with E-state index >= 15 is 0 Å². The molecule has 4 heteroatoms. The minimum absolute atomic E-state index is 0.858. The van der Waals surface area contributed by atoms with Crippen LogP contribution in [0.2, 0.25) is 0 Å². The highest BCUT2D eigenvalue weighted by atomic mass is 16.3. The van der Waals surface area contributed by atoms with E-state index in [-0.39, 0.29) is 0 Å². The Bertz CT molecular complexity index is 3130. The number of furan rings is 1. The number of hydrogen-bond donors (Lipinski definition) is 0. The molecule has 8 aromatic carbocycles. The molecule has 52 heavy (non-hydrogen) atoms. The van der Waals surface area contributed by atoms with E-state index in [1.807, 2.05) is 6.07 Å². The molecule has 0 bridgehead atoms. The molecule has 0 radical (unpaired) electrons. The van der Waals surface area contributed by atoms with E-state index in [0.717, 1.165) is 66.9 Å². The van der Waals surface area contributed by atoms with Gasteiger partial charge in [0.1, 0.15) is 5.58 Å². The van der Waals surface area contributed by atoms with Gasteiger partial charge < -0.3 is 18.5 Å². The number of nitrogens with zero attached hydrogens (tertiary/aromatic N) is 3. The highest BCUT2D eigenvalue weighted by Crippen LogP contribution is 2.48. The van der Waals surface area contributed by atoms with Gasteiger partial charge in [-0.2, -0.15) is 0 Å². The second-order valence-corrected chi connectivity index (χ2v) is 13.3. The van der Waals surface area contributed by atoms with Gasteiger partial charge >= 0.3 is 0 Å². The lowest BCUT2D eigenvalue weighted by Gasteiger charge is -2.27. The molecule has 0 aliphatic carbocycles. The first-order chi connectivity index (χ1) is 25.8. The van der Waals surface area contributed by atoms with Crippen molar-refractivity contribution in [3.05, 3.63) is 188 Å². The van der Waals surface area contributed by atoms with Crippen LogP contribution in [0.25, 0.3) is 76.9 Å². The summed E-state index contributed by atoms with van der Waals surface area (Å²) in [6.45, 7) is 0. The molecule has 0 unspecified atom stereocenters. The number of hydrogen-bond acceptors (Lipinski definition) is 2. The molecule has 0 fully saturated rings. The molecule has 0 aliphatic rings. The van der Waals surface area contributed by atoms with Gasteiger partial charge in [0.2, 0.25) is 0 Å². The molecule has 244 valence electrons. The molecule has 3 aromatic heterocycles. The van der Waals surface area contributed by atoms with Crippen LogP contribution in [-0.4, -0.2) is 9.13 Å². The van der Waals surface area contributed by atoms with Gasteiger partial charge in [0.15, 0.2) is 5.58 Å². The van der Waals surface area contributed by atoms with Crippen molar-refractivity contribution in [3.8, 4) is 11.4 Å².